The molecule has 2 atom stereocenters. The first-order valence-electron chi connectivity index (χ1n) is 6.25. The number of nitrogens with zero attached hydrogens (tertiary/aromatic N) is 1. The highest BCUT2D eigenvalue weighted by Gasteiger charge is 2.19. The van der Waals surface area contributed by atoms with Gasteiger partial charge in [-0.15, -0.1) is 0 Å². The van der Waals surface area contributed by atoms with Crippen LogP contribution >= 0.6 is 0 Å². The fourth-order valence-electron chi connectivity index (χ4n) is 1.77. The Hall–Kier alpha value is -1.63. The van der Waals surface area contributed by atoms with Crippen molar-refractivity contribution in [3.63, 3.8) is 0 Å². The fraction of sp³-hybridized carbons (Fsp3) is 0.462. The van der Waals surface area contributed by atoms with Crippen molar-refractivity contribution in [3.8, 4) is 0 Å². The number of hydrazine groups is 1. The molecule has 0 radical (unpaired) electrons. The number of aliphatic hydroxyl groups excluding tert-OH is 1. The van der Waals surface area contributed by atoms with Crippen molar-refractivity contribution < 1.29 is 15.0 Å². The van der Waals surface area contributed by atoms with E-state index < -0.39 is 18.2 Å². The summed E-state index contributed by atoms with van der Waals surface area (Å²) in [5.41, 5.74) is 9.19. The number of nitrogens with two attached hydrogens (primary N) is 1. The average Bonchev–Trinajstić information content (AvgIpc) is 2.38. The molecule has 1 amide bonds. The van der Waals surface area contributed by atoms with Gasteiger partial charge in [-0.3, -0.25) is 5.43 Å². The molecular weight excluding hydrogens is 246 g/mol. The molecule has 5 N–H and O–H groups in total. The Morgan fingerprint density at radius 3 is 2.58 bits per heavy atom. The Kier molecular flexibility index (Phi) is 6.27. The van der Waals surface area contributed by atoms with E-state index in [0.717, 1.165) is 5.56 Å². The minimum Gasteiger partial charge on any atom is -0.464 e. The molecule has 0 aromatic heterocycles. The van der Waals surface area contributed by atoms with E-state index in [-0.39, 0.29) is 6.54 Å². The number of carbonyl (C=O) groups is 1. The van der Waals surface area contributed by atoms with Gasteiger partial charge in [0.1, 0.15) is 0 Å². The van der Waals surface area contributed by atoms with Gasteiger partial charge in [0.05, 0.1) is 6.10 Å². The van der Waals surface area contributed by atoms with E-state index in [1.807, 2.05) is 30.3 Å². The van der Waals surface area contributed by atoms with Crippen LogP contribution in [0.5, 0.6) is 0 Å². The van der Waals surface area contributed by atoms with Gasteiger partial charge >= 0.3 is 6.09 Å². The van der Waals surface area contributed by atoms with Gasteiger partial charge in [-0.2, -0.15) is 0 Å². The van der Waals surface area contributed by atoms with Crippen LogP contribution < -0.4 is 11.2 Å². The number of hydrogen-bond acceptors (Lipinski definition) is 4. The van der Waals surface area contributed by atoms with Gasteiger partial charge in [0.15, 0.2) is 0 Å². The number of amides is 1. The molecule has 1 rings (SSSR count). The Morgan fingerprint density at radius 2 is 2.05 bits per heavy atom. The first-order chi connectivity index (χ1) is 9.02. The Balaban J connectivity index is 2.47. The summed E-state index contributed by atoms with van der Waals surface area (Å²) < 4.78 is 0. The van der Waals surface area contributed by atoms with Crippen LogP contribution in [0, 0.1) is 0 Å². The number of nitrogens with one attached hydrogen (secondary N) is 1. The highest BCUT2D eigenvalue weighted by molar-refractivity contribution is 5.63. The van der Waals surface area contributed by atoms with Crippen molar-refractivity contribution in [1.82, 2.24) is 10.4 Å². The van der Waals surface area contributed by atoms with Crippen LogP contribution in [0.15, 0.2) is 30.3 Å². The van der Waals surface area contributed by atoms with E-state index >= 15 is 0 Å². The van der Waals surface area contributed by atoms with Gasteiger partial charge in [0.2, 0.25) is 0 Å². The molecule has 2 unspecified atom stereocenters. The lowest BCUT2D eigenvalue weighted by Gasteiger charge is -2.26. The summed E-state index contributed by atoms with van der Waals surface area (Å²) in [6.45, 7) is 2.42. The minimum absolute atomic E-state index is 0.163. The number of benzene rings is 1. The molecule has 0 fully saturated rings. The van der Waals surface area contributed by atoms with E-state index in [1.54, 1.807) is 6.92 Å². The van der Waals surface area contributed by atoms with E-state index in [0.29, 0.717) is 13.0 Å². The zero-order valence-electron chi connectivity index (χ0n) is 11.0. The molecule has 0 bridgehead atoms. The topological polar surface area (TPSA) is 98.8 Å². The lowest BCUT2D eigenvalue weighted by atomic mass is 10.0. The largest absolute Gasteiger partial charge is 0.464 e. The van der Waals surface area contributed by atoms with E-state index in [4.69, 9.17) is 10.8 Å². The monoisotopic (exact) mass is 267 g/mol. The van der Waals surface area contributed by atoms with Crippen LogP contribution in [0.4, 0.5) is 4.79 Å². The van der Waals surface area contributed by atoms with Crippen LogP contribution in [0.2, 0.25) is 0 Å². The van der Waals surface area contributed by atoms with Crippen LogP contribution in [0.25, 0.3) is 0 Å². The van der Waals surface area contributed by atoms with Crippen molar-refractivity contribution in [1.29, 1.82) is 0 Å². The first-order valence-corrected chi connectivity index (χ1v) is 6.25. The number of likely N-dealkylation sites (N-methyl/N-ethyl adjacent to an activating group) is 1. The second-order valence-corrected chi connectivity index (χ2v) is 4.38. The van der Waals surface area contributed by atoms with E-state index in [2.05, 4.69) is 5.43 Å². The lowest BCUT2D eigenvalue weighted by molar-refractivity contribution is 0.0666. The van der Waals surface area contributed by atoms with Gasteiger partial charge in [-0.05, 0) is 12.0 Å². The maximum Gasteiger partial charge on any atom is 0.419 e. The number of rotatable bonds is 7. The average molecular weight is 267 g/mol. The molecule has 0 heterocycles. The van der Waals surface area contributed by atoms with Crippen LogP contribution in [-0.2, 0) is 6.42 Å². The second-order valence-electron chi connectivity index (χ2n) is 4.38. The van der Waals surface area contributed by atoms with E-state index in [9.17, 15) is 9.90 Å². The van der Waals surface area contributed by atoms with Crippen molar-refractivity contribution in [2.75, 3.05) is 13.1 Å². The standard InChI is InChI=1S/C13H21N3O3/c1-2-16(15-13(18)19)9-12(17)11(14)8-10-6-4-3-5-7-10/h3-7,11-12,15,17H,2,8-9,14H2,1H3,(H,18,19). The van der Waals surface area contributed by atoms with Crippen molar-refractivity contribution in [3.05, 3.63) is 35.9 Å². The molecule has 0 aliphatic heterocycles. The summed E-state index contributed by atoms with van der Waals surface area (Å²) >= 11 is 0. The molecule has 0 aliphatic carbocycles. The predicted octanol–water partition coefficient (Wildman–Crippen LogP) is 0.422. The molecule has 106 valence electrons. The van der Waals surface area contributed by atoms with Gasteiger partial charge in [-0.1, -0.05) is 37.3 Å². The number of carboxylic acid groups (broad SMARTS) is 1. The van der Waals surface area contributed by atoms with Gasteiger partial charge in [0.25, 0.3) is 0 Å². The molecule has 1 aromatic carbocycles. The summed E-state index contributed by atoms with van der Waals surface area (Å²) in [5.74, 6) is 0. The van der Waals surface area contributed by atoms with Gasteiger partial charge in [0, 0.05) is 19.1 Å². The predicted molar refractivity (Wildman–Crippen MR) is 72.5 cm³/mol. The first kappa shape index (κ1) is 15.4. The van der Waals surface area contributed by atoms with Crippen molar-refractivity contribution in [2.24, 2.45) is 5.73 Å². The molecule has 19 heavy (non-hydrogen) atoms. The fourth-order valence-corrected chi connectivity index (χ4v) is 1.77. The van der Waals surface area contributed by atoms with Crippen LogP contribution in [0.1, 0.15) is 12.5 Å². The number of hydrogen-bond donors (Lipinski definition) is 4. The van der Waals surface area contributed by atoms with Crippen molar-refractivity contribution in [2.45, 2.75) is 25.5 Å². The molecule has 0 saturated carbocycles. The van der Waals surface area contributed by atoms with Crippen molar-refractivity contribution >= 4 is 6.09 Å². The number of aliphatic hydroxyl groups is 1. The zero-order valence-corrected chi connectivity index (χ0v) is 11.0. The molecule has 6 heteroatoms. The quantitative estimate of drug-likeness (QED) is 0.537. The zero-order chi connectivity index (χ0) is 14.3. The van der Waals surface area contributed by atoms with E-state index in [1.165, 1.54) is 5.01 Å². The third-order valence-corrected chi connectivity index (χ3v) is 2.85. The third kappa shape index (κ3) is 5.69. The Labute approximate surface area is 112 Å². The van der Waals surface area contributed by atoms with Gasteiger partial charge in [-0.25, -0.2) is 9.80 Å². The Morgan fingerprint density at radius 1 is 1.42 bits per heavy atom. The smallest absolute Gasteiger partial charge is 0.419 e. The summed E-state index contributed by atoms with van der Waals surface area (Å²) in [6.07, 6.45) is -1.40. The maximum absolute atomic E-state index is 10.5. The molecular formula is C13H21N3O3. The normalized spacial score (nSPS) is 14.1. The molecule has 1 aromatic rings. The SMILES string of the molecule is CCN(CC(O)C(N)Cc1ccccc1)NC(=O)O. The summed E-state index contributed by atoms with van der Waals surface area (Å²) in [4.78, 5) is 10.5. The summed E-state index contributed by atoms with van der Waals surface area (Å²) in [5, 5.41) is 20.0. The summed E-state index contributed by atoms with van der Waals surface area (Å²) in [6, 6.07) is 9.20. The molecule has 0 aliphatic rings. The van der Waals surface area contributed by atoms with Crippen LogP contribution in [-0.4, -0.2) is 46.6 Å². The maximum atomic E-state index is 10.5. The highest BCUT2D eigenvalue weighted by atomic mass is 16.4. The van der Waals surface area contributed by atoms with Crippen LogP contribution in [0.3, 0.4) is 0 Å². The minimum atomic E-state index is -1.15. The molecule has 0 spiro atoms. The summed E-state index contributed by atoms with van der Waals surface area (Å²) in [7, 11) is 0. The Bertz CT molecular complexity index is 386. The second kappa shape index (κ2) is 7.73. The third-order valence-electron chi connectivity index (χ3n) is 2.85. The lowest BCUT2D eigenvalue weighted by Crippen LogP contribution is -2.50. The molecule has 6 nitrogen and oxygen atoms in total. The highest BCUT2D eigenvalue weighted by Crippen LogP contribution is 2.05. The van der Waals surface area contributed by atoms with Gasteiger partial charge < -0.3 is 15.9 Å². The molecule has 0 saturated heterocycles.